The van der Waals surface area contributed by atoms with Gasteiger partial charge in [0.15, 0.2) is 0 Å². The number of hydrogen-bond acceptors (Lipinski definition) is 4. The van der Waals surface area contributed by atoms with Gasteiger partial charge in [0, 0.05) is 38.8 Å². The molecule has 0 atom stereocenters. The Balaban J connectivity index is 1.97. The van der Waals surface area contributed by atoms with Gasteiger partial charge in [-0.25, -0.2) is 9.97 Å². The number of amides is 2. The van der Waals surface area contributed by atoms with Gasteiger partial charge >= 0.3 is 0 Å². The van der Waals surface area contributed by atoms with Crippen molar-refractivity contribution in [2.24, 2.45) is 0 Å². The van der Waals surface area contributed by atoms with Gasteiger partial charge in [-0.05, 0) is 12.1 Å². The number of anilines is 1. The molecule has 0 spiro atoms. The Morgan fingerprint density at radius 1 is 1.48 bits per heavy atom. The summed E-state index contributed by atoms with van der Waals surface area (Å²) in [6, 6.07) is 3.53. The summed E-state index contributed by atoms with van der Waals surface area (Å²) in [6.45, 7) is 2.10. The van der Waals surface area contributed by atoms with E-state index in [-0.39, 0.29) is 17.8 Å². The molecule has 0 saturated carbocycles. The van der Waals surface area contributed by atoms with Gasteiger partial charge in [-0.2, -0.15) is 0 Å². The molecule has 2 aromatic heterocycles. The summed E-state index contributed by atoms with van der Waals surface area (Å²) in [5, 5.41) is 2.54. The van der Waals surface area contributed by atoms with Crippen molar-refractivity contribution in [1.82, 2.24) is 19.9 Å². The summed E-state index contributed by atoms with van der Waals surface area (Å²) >= 11 is 0. The topological polar surface area (TPSA) is 91.0 Å². The number of likely N-dealkylation sites (N-methyl/N-ethyl adjacent to an activating group) is 1. The predicted molar refractivity (Wildman–Crippen MR) is 76.8 cm³/mol. The van der Waals surface area contributed by atoms with Gasteiger partial charge in [0.1, 0.15) is 0 Å². The van der Waals surface area contributed by atoms with Gasteiger partial charge in [-0.15, -0.1) is 0 Å². The van der Waals surface area contributed by atoms with E-state index in [0.29, 0.717) is 17.8 Å². The van der Waals surface area contributed by atoms with E-state index in [1.54, 1.807) is 30.3 Å². The fourth-order valence-electron chi connectivity index (χ4n) is 2.34. The minimum absolute atomic E-state index is 0.00916. The van der Waals surface area contributed by atoms with Crippen LogP contribution in [-0.2, 0) is 11.2 Å². The number of hydrogen-bond donors (Lipinski definition) is 2. The van der Waals surface area contributed by atoms with Gasteiger partial charge in [-0.3, -0.25) is 14.9 Å². The number of aromatic nitrogens is 3. The van der Waals surface area contributed by atoms with Crippen LogP contribution in [0.15, 0.2) is 18.3 Å². The van der Waals surface area contributed by atoms with E-state index in [0.717, 1.165) is 17.8 Å². The van der Waals surface area contributed by atoms with Crippen LogP contribution in [0.4, 0.5) is 5.95 Å². The fraction of sp³-hybridized carbons (Fsp3) is 0.286. The lowest BCUT2D eigenvalue weighted by Gasteiger charge is -2.21. The molecule has 2 amide bonds. The molecule has 3 rings (SSSR count). The SMILES string of the molecule is CC(=O)Nc1nccc(-c2cc3c([nH]2)CCN(C)C3=O)n1. The van der Waals surface area contributed by atoms with Gasteiger partial charge in [0.05, 0.1) is 17.0 Å². The van der Waals surface area contributed by atoms with Crippen molar-refractivity contribution in [3.63, 3.8) is 0 Å². The highest BCUT2D eigenvalue weighted by molar-refractivity contribution is 5.97. The van der Waals surface area contributed by atoms with Crippen LogP contribution in [0.5, 0.6) is 0 Å². The zero-order chi connectivity index (χ0) is 15.0. The number of nitrogens with zero attached hydrogens (tertiary/aromatic N) is 3. The van der Waals surface area contributed by atoms with E-state index in [4.69, 9.17) is 0 Å². The van der Waals surface area contributed by atoms with Crippen LogP contribution in [-0.4, -0.2) is 45.3 Å². The Morgan fingerprint density at radius 2 is 2.29 bits per heavy atom. The summed E-state index contributed by atoms with van der Waals surface area (Å²) in [5.41, 5.74) is 2.99. The first kappa shape index (κ1) is 13.3. The molecule has 0 radical (unpaired) electrons. The van der Waals surface area contributed by atoms with Crippen molar-refractivity contribution in [2.45, 2.75) is 13.3 Å². The zero-order valence-corrected chi connectivity index (χ0v) is 11.8. The molecule has 0 bridgehead atoms. The second-order valence-electron chi connectivity index (χ2n) is 5.00. The molecule has 3 heterocycles. The number of fused-ring (bicyclic) bond motifs is 1. The Bertz CT molecular complexity index is 722. The summed E-state index contributed by atoms with van der Waals surface area (Å²) in [7, 11) is 1.79. The van der Waals surface area contributed by atoms with Crippen LogP contribution >= 0.6 is 0 Å². The molecular weight excluding hydrogens is 270 g/mol. The second-order valence-corrected chi connectivity index (χ2v) is 5.00. The summed E-state index contributed by atoms with van der Waals surface area (Å²) in [5.74, 6) is 0.0284. The standard InChI is InChI=1S/C14H15N5O2/c1-8(20)16-14-15-5-3-11(18-14)12-7-9-10(17-12)4-6-19(2)13(9)21/h3,5,7,17H,4,6H2,1-2H3,(H,15,16,18,20). The molecule has 7 heteroatoms. The van der Waals surface area contributed by atoms with Gasteiger partial charge in [0.25, 0.3) is 5.91 Å². The van der Waals surface area contributed by atoms with Gasteiger partial charge in [0.2, 0.25) is 11.9 Å². The largest absolute Gasteiger partial charge is 0.356 e. The van der Waals surface area contributed by atoms with Crippen LogP contribution in [0, 0.1) is 0 Å². The molecule has 21 heavy (non-hydrogen) atoms. The lowest BCUT2D eigenvalue weighted by atomic mass is 10.1. The molecule has 7 nitrogen and oxygen atoms in total. The Kier molecular flexibility index (Phi) is 3.17. The van der Waals surface area contributed by atoms with Crippen molar-refractivity contribution >= 4 is 17.8 Å². The van der Waals surface area contributed by atoms with Crippen LogP contribution in [0.3, 0.4) is 0 Å². The lowest BCUT2D eigenvalue weighted by Crippen LogP contribution is -2.33. The van der Waals surface area contributed by atoms with Crippen LogP contribution < -0.4 is 5.32 Å². The van der Waals surface area contributed by atoms with Gasteiger partial charge < -0.3 is 9.88 Å². The lowest BCUT2D eigenvalue weighted by molar-refractivity contribution is -0.114. The average molecular weight is 285 g/mol. The molecule has 0 aliphatic carbocycles. The molecule has 0 unspecified atom stereocenters. The second kappa shape index (κ2) is 5.01. The van der Waals surface area contributed by atoms with E-state index in [2.05, 4.69) is 20.3 Å². The Labute approximate surface area is 121 Å². The molecule has 108 valence electrons. The maximum Gasteiger partial charge on any atom is 0.255 e. The van der Waals surface area contributed by atoms with E-state index in [1.165, 1.54) is 6.92 Å². The number of carbonyl (C=O) groups excluding carboxylic acids is 2. The molecule has 0 fully saturated rings. The molecule has 0 aromatic carbocycles. The van der Waals surface area contributed by atoms with Crippen LogP contribution in [0.1, 0.15) is 23.0 Å². The minimum Gasteiger partial charge on any atom is -0.356 e. The first-order valence-corrected chi connectivity index (χ1v) is 6.63. The average Bonchev–Trinajstić information content (AvgIpc) is 2.87. The molecular formula is C14H15N5O2. The number of carbonyl (C=O) groups is 2. The summed E-state index contributed by atoms with van der Waals surface area (Å²) in [4.78, 5) is 36.3. The highest BCUT2D eigenvalue weighted by Crippen LogP contribution is 2.24. The highest BCUT2D eigenvalue weighted by atomic mass is 16.2. The van der Waals surface area contributed by atoms with Crippen LogP contribution in [0.25, 0.3) is 11.4 Å². The maximum absolute atomic E-state index is 12.1. The van der Waals surface area contributed by atoms with Crippen molar-refractivity contribution in [3.05, 3.63) is 29.6 Å². The zero-order valence-electron chi connectivity index (χ0n) is 11.8. The Morgan fingerprint density at radius 3 is 3.05 bits per heavy atom. The van der Waals surface area contributed by atoms with Crippen molar-refractivity contribution in [2.75, 3.05) is 18.9 Å². The van der Waals surface area contributed by atoms with E-state index < -0.39 is 0 Å². The molecule has 1 aliphatic rings. The number of H-pyrrole nitrogens is 1. The molecule has 2 N–H and O–H groups in total. The normalized spacial score (nSPS) is 14.0. The fourth-order valence-corrected chi connectivity index (χ4v) is 2.34. The van der Waals surface area contributed by atoms with E-state index in [9.17, 15) is 9.59 Å². The molecule has 0 saturated heterocycles. The van der Waals surface area contributed by atoms with Gasteiger partial charge in [-0.1, -0.05) is 0 Å². The first-order chi connectivity index (χ1) is 10.0. The maximum atomic E-state index is 12.1. The number of rotatable bonds is 2. The van der Waals surface area contributed by atoms with Crippen molar-refractivity contribution in [1.29, 1.82) is 0 Å². The predicted octanol–water partition coefficient (Wildman–Crippen LogP) is 1.06. The molecule has 1 aliphatic heterocycles. The third-order valence-corrected chi connectivity index (χ3v) is 3.39. The van der Waals surface area contributed by atoms with E-state index in [1.807, 2.05) is 0 Å². The molecule has 2 aromatic rings. The first-order valence-electron chi connectivity index (χ1n) is 6.63. The van der Waals surface area contributed by atoms with Crippen molar-refractivity contribution in [3.8, 4) is 11.4 Å². The smallest absolute Gasteiger partial charge is 0.255 e. The van der Waals surface area contributed by atoms with E-state index >= 15 is 0 Å². The summed E-state index contributed by atoms with van der Waals surface area (Å²) < 4.78 is 0. The quantitative estimate of drug-likeness (QED) is 0.863. The third kappa shape index (κ3) is 2.49. The third-order valence-electron chi connectivity index (χ3n) is 3.39. The van der Waals surface area contributed by atoms with Crippen LogP contribution in [0.2, 0.25) is 0 Å². The minimum atomic E-state index is -0.227. The number of aromatic amines is 1. The Hall–Kier alpha value is -2.70. The highest BCUT2D eigenvalue weighted by Gasteiger charge is 2.24. The summed E-state index contributed by atoms with van der Waals surface area (Å²) in [6.07, 6.45) is 2.36. The van der Waals surface area contributed by atoms with Crippen molar-refractivity contribution < 1.29 is 9.59 Å². The number of nitrogens with one attached hydrogen (secondary N) is 2. The monoisotopic (exact) mass is 285 g/mol.